The van der Waals surface area contributed by atoms with Crippen molar-refractivity contribution in [3.63, 3.8) is 0 Å². The van der Waals surface area contributed by atoms with Gasteiger partial charge in [0.2, 0.25) is 0 Å². The number of rotatable bonds is 6. The van der Waals surface area contributed by atoms with Crippen LogP contribution in [0, 0.1) is 0 Å². The molecule has 0 fully saturated rings. The molecular formula is C28H20Cl3IN2O4S. The highest BCUT2D eigenvalue weighted by atomic mass is 127. The number of alkyl halides is 1. The lowest BCUT2D eigenvalue weighted by Crippen LogP contribution is -2.41. The van der Waals surface area contributed by atoms with Crippen LogP contribution in [0.3, 0.4) is 0 Å². The van der Waals surface area contributed by atoms with E-state index >= 15 is 0 Å². The summed E-state index contributed by atoms with van der Waals surface area (Å²) in [5.74, 6) is -1.20. The molecule has 0 N–H and O–H groups in total. The third-order valence-corrected chi connectivity index (χ3v) is 10.6. The zero-order valence-electron chi connectivity index (χ0n) is 20.6. The van der Waals surface area contributed by atoms with Crippen molar-refractivity contribution in [2.45, 2.75) is 14.7 Å². The van der Waals surface area contributed by atoms with E-state index in [9.17, 15) is 18.0 Å². The van der Waals surface area contributed by atoms with Gasteiger partial charge in [-0.15, -0.1) is 0 Å². The molecule has 0 bridgehead atoms. The van der Waals surface area contributed by atoms with Crippen molar-refractivity contribution in [3.05, 3.63) is 99.0 Å². The van der Waals surface area contributed by atoms with E-state index in [1.807, 2.05) is 53.7 Å². The van der Waals surface area contributed by atoms with Crippen molar-refractivity contribution < 1.29 is 18.0 Å². The highest BCUT2D eigenvalue weighted by Gasteiger charge is 2.56. The van der Waals surface area contributed by atoms with Crippen molar-refractivity contribution in [2.24, 2.45) is 0 Å². The minimum absolute atomic E-state index is 0.0259. The number of ketones is 1. The molecule has 0 saturated heterocycles. The summed E-state index contributed by atoms with van der Waals surface area (Å²) in [5.41, 5.74) is 1.28. The van der Waals surface area contributed by atoms with Gasteiger partial charge in [-0.2, -0.15) is 4.31 Å². The molecule has 11 heteroatoms. The molecule has 0 spiro atoms. The largest absolute Gasteiger partial charge is 0.377 e. The molecule has 4 aromatic carbocycles. The van der Waals surface area contributed by atoms with Gasteiger partial charge in [0.25, 0.3) is 15.9 Å². The molecule has 6 nitrogen and oxygen atoms in total. The molecule has 1 heterocycles. The predicted molar refractivity (Wildman–Crippen MR) is 166 cm³/mol. The molecule has 5 rings (SSSR count). The van der Waals surface area contributed by atoms with Crippen molar-refractivity contribution in [2.75, 3.05) is 23.3 Å². The molecular weight excluding hydrogens is 694 g/mol. The van der Waals surface area contributed by atoms with Gasteiger partial charge in [0.15, 0.2) is 5.78 Å². The standard InChI is InChI=1S/C28H20Cl3IN2O4S/c1-33(2)22-7-3-6-19-18(22)5-4-8-24(19)39(37,38)34-26-21(31)14-13-20(30)25(26)28(32,27(34)36)15-23(35)16-9-11-17(29)12-10-16/h3-14H,15H2,1-2H3. The minimum atomic E-state index is -4.50. The van der Waals surface area contributed by atoms with Crippen LogP contribution in [0.5, 0.6) is 0 Å². The Morgan fingerprint density at radius 1 is 0.897 bits per heavy atom. The smallest absolute Gasteiger partial charge is 0.271 e. The number of Topliss-reactive ketones (excluding diaryl/α,β-unsaturated/α-hetero) is 1. The number of halogens is 4. The van der Waals surface area contributed by atoms with Gasteiger partial charge in [-0.3, -0.25) is 9.59 Å². The normalized spacial score (nSPS) is 17.0. The Bertz CT molecular complexity index is 1780. The van der Waals surface area contributed by atoms with Crippen molar-refractivity contribution in [3.8, 4) is 0 Å². The summed E-state index contributed by atoms with van der Waals surface area (Å²) in [5, 5.41) is 1.76. The molecule has 1 amide bonds. The van der Waals surface area contributed by atoms with Gasteiger partial charge in [0.1, 0.15) is 3.42 Å². The van der Waals surface area contributed by atoms with Gasteiger partial charge in [-0.1, -0.05) is 81.7 Å². The number of fused-ring (bicyclic) bond motifs is 2. The SMILES string of the molecule is CN(C)c1cccc2c(S(=O)(=O)N3C(=O)C(I)(CC(=O)c4ccc(Cl)cc4)c4c(Cl)ccc(Cl)c43)cccc12. The van der Waals surface area contributed by atoms with Crippen LogP contribution in [0.4, 0.5) is 11.4 Å². The number of hydrogen-bond donors (Lipinski definition) is 0. The lowest BCUT2D eigenvalue weighted by molar-refractivity contribution is -0.118. The van der Waals surface area contributed by atoms with E-state index in [0.717, 1.165) is 5.69 Å². The Morgan fingerprint density at radius 2 is 1.51 bits per heavy atom. The van der Waals surface area contributed by atoms with Gasteiger partial charge in [-0.05, 0) is 48.5 Å². The molecule has 1 unspecified atom stereocenters. The second-order valence-corrected chi connectivity index (χ2v) is 14.1. The molecule has 200 valence electrons. The first-order valence-corrected chi connectivity index (χ1v) is 15.3. The van der Waals surface area contributed by atoms with Crippen LogP contribution in [0.15, 0.2) is 77.7 Å². The third-order valence-electron chi connectivity index (χ3n) is 6.63. The summed E-state index contributed by atoms with van der Waals surface area (Å²) in [6.07, 6.45) is -0.340. The van der Waals surface area contributed by atoms with Crippen molar-refractivity contribution in [1.82, 2.24) is 0 Å². The molecule has 1 aliphatic heterocycles. The molecule has 39 heavy (non-hydrogen) atoms. The summed E-state index contributed by atoms with van der Waals surface area (Å²) in [6, 6.07) is 19.4. The van der Waals surface area contributed by atoms with E-state index in [2.05, 4.69) is 0 Å². The number of carbonyl (C=O) groups excluding carboxylic acids is 2. The maximum atomic E-state index is 14.3. The highest BCUT2D eigenvalue weighted by Crippen LogP contribution is 2.56. The van der Waals surface area contributed by atoms with E-state index in [1.54, 1.807) is 42.5 Å². The van der Waals surface area contributed by atoms with Crippen LogP contribution >= 0.6 is 57.4 Å². The molecule has 0 aromatic heterocycles. The summed E-state index contributed by atoms with van der Waals surface area (Å²) >= 11 is 20.9. The maximum absolute atomic E-state index is 14.3. The summed E-state index contributed by atoms with van der Waals surface area (Å²) < 4.78 is 27.7. The van der Waals surface area contributed by atoms with Gasteiger partial charge >= 0.3 is 0 Å². The second kappa shape index (κ2) is 10.2. The minimum Gasteiger partial charge on any atom is -0.377 e. The second-order valence-electron chi connectivity index (χ2n) is 9.26. The van der Waals surface area contributed by atoms with Crippen LogP contribution in [0.1, 0.15) is 22.3 Å². The van der Waals surface area contributed by atoms with E-state index in [0.29, 0.717) is 25.7 Å². The summed E-state index contributed by atoms with van der Waals surface area (Å²) in [6.45, 7) is 0. The van der Waals surface area contributed by atoms with Crippen molar-refractivity contribution >= 4 is 101 Å². The monoisotopic (exact) mass is 712 g/mol. The molecule has 1 atom stereocenters. The average Bonchev–Trinajstić information content (AvgIpc) is 3.13. The Labute approximate surface area is 254 Å². The number of benzene rings is 4. The van der Waals surface area contributed by atoms with Gasteiger partial charge in [-0.25, -0.2) is 8.42 Å². The van der Waals surface area contributed by atoms with E-state index in [-0.39, 0.29) is 38.4 Å². The lowest BCUT2D eigenvalue weighted by atomic mass is 9.92. The van der Waals surface area contributed by atoms with Crippen LogP contribution < -0.4 is 9.21 Å². The fraction of sp³-hybridized carbons (Fsp3) is 0.143. The topological polar surface area (TPSA) is 74.8 Å². The van der Waals surface area contributed by atoms with Crippen LogP contribution in [-0.2, 0) is 18.2 Å². The third kappa shape index (κ3) is 4.60. The number of sulfonamides is 1. The first kappa shape index (κ1) is 28.2. The van der Waals surface area contributed by atoms with Crippen LogP contribution in [-0.4, -0.2) is 34.2 Å². The van der Waals surface area contributed by atoms with E-state index in [4.69, 9.17) is 34.8 Å². The Balaban J connectivity index is 1.70. The van der Waals surface area contributed by atoms with Gasteiger partial charge in [0.05, 0.1) is 15.6 Å². The Hall–Kier alpha value is -2.37. The number of carbonyl (C=O) groups is 2. The molecule has 1 aliphatic rings. The summed E-state index contributed by atoms with van der Waals surface area (Å²) in [7, 11) is -0.776. The van der Waals surface area contributed by atoms with Gasteiger partial charge in [0, 0.05) is 58.1 Å². The fourth-order valence-electron chi connectivity index (χ4n) is 4.82. The van der Waals surface area contributed by atoms with E-state index in [1.165, 1.54) is 18.2 Å². The lowest BCUT2D eigenvalue weighted by Gasteiger charge is -2.23. The summed E-state index contributed by atoms with van der Waals surface area (Å²) in [4.78, 5) is 29.3. The number of nitrogens with zero attached hydrogens (tertiary/aromatic N) is 2. The molecule has 0 radical (unpaired) electrons. The van der Waals surface area contributed by atoms with Gasteiger partial charge < -0.3 is 4.90 Å². The first-order valence-electron chi connectivity index (χ1n) is 11.6. The fourth-order valence-corrected chi connectivity index (χ4v) is 8.71. The quantitative estimate of drug-likeness (QED) is 0.118. The van der Waals surface area contributed by atoms with E-state index < -0.39 is 19.4 Å². The first-order chi connectivity index (χ1) is 18.4. The number of anilines is 2. The highest BCUT2D eigenvalue weighted by molar-refractivity contribution is 14.1. The Morgan fingerprint density at radius 3 is 2.18 bits per heavy atom. The maximum Gasteiger partial charge on any atom is 0.271 e. The van der Waals surface area contributed by atoms with Crippen molar-refractivity contribution in [1.29, 1.82) is 0 Å². The van der Waals surface area contributed by atoms with Crippen LogP contribution in [0.25, 0.3) is 10.8 Å². The Kier molecular flexibility index (Phi) is 7.39. The van der Waals surface area contributed by atoms with Crippen LogP contribution in [0.2, 0.25) is 15.1 Å². The predicted octanol–water partition coefficient (Wildman–Crippen LogP) is 7.50. The molecule has 0 saturated carbocycles. The zero-order valence-corrected chi connectivity index (χ0v) is 25.8. The molecule has 4 aromatic rings. The molecule has 0 aliphatic carbocycles. The zero-order chi connectivity index (χ0) is 28.3. The number of hydrogen-bond acceptors (Lipinski definition) is 5. The number of amides is 1. The average molecular weight is 714 g/mol.